The van der Waals surface area contributed by atoms with Crippen LogP contribution < -0.4 is 5.73 Å². The molecule has 0 aromatic heterocycles. The Morgan fingerprint density at radius 1 is 0.759 bits per heavy atom. The lowest BCUT2D eigenvalue weighted by Gasteiger charge is -2.08. The van der Waals surface area contributed by atoms with Crippen molar-refractivity contribution in [3.8, 4) is 0 Å². The molecule has 5 heteroatoms. The van der Waals surface area contributed by atoms with Gasteiger partial charge in [0, 0.05) is 12.8 Å². The highest BCUT2D eigenvalue weighted by Crippen LogP contribution is 2.21. The molecule has 0 spiro atoms. The first-order valence-electron chi connectivity index (χ1n) is 12.2. The van der Waals surface area contributed by atoms with Gasteiger partial charge in [0.05, 0.1) is 0 Å². The van der Waals surface area contributed by atoms with E-state index in [1.165, 1.54) is 77.0 Å². The van der Waals surface area contributed by atoms with Crippen LogP contribution in [0.15, 0.2) is 23.7 Å². The quantitative estimate of drug-likeness (QED) is 0.239. The molecule has 0 aliphatic heterocycles. The van der Waals surface area contributed by atoms with E-state index in [1.54, 1.807) is 0 Å². The average molecular weight is 410 g/mol. The topological polar surface area (TPSA) is 64.6 Å². The number of hydrogen-bond acceptors (Lipinski definition) is 4. The van der Waals surface area contributed by atoms with Crippen LogP contribution in [0, 0.1) is 4.91 Å². The van der Waals surface area contributed by atoms with E-state index >= 15 is 0 Å². The molecule has 0 saturated carbocycles. The van der Waals surface area contributed by atoms with Crippen molar-refractivity contribution in [2.24, 2.45) is 5.73 Å². The molecule has 2 aliphatic rings. The summed E-state index contributed by atoms with van der Waals surface area (Å²) in [5.74, 6) is 1.47. The molecular formula is C24H45N2O3+. The molecule has 0 radical (unpaired) electrons. The van der Waals surface area contributed by atoms with Crippen LogP contribution in [0.2, 0.25) is 0 Å². The fourth-order valence-electron chi connectivity index (χ4n) is 3.63. The van der Waals surface area contributed by atoms with Crippen molar-refractivity contribution in [3.63, 3.8) is 0 Å². The van der Waals surface area contributed by atoms with E-state index in [9.17, 15) is 4.91 Å². The third-order valence-corrected chi connectivity index (χ3v) is 5.44. The fraction of sp³-hybridized carbons (Fsp3) is 0.833. The van der Waals surface area contributed by atoms with Gasteiger partial charge in [0.15, 0.2) is 11.5 Å². The number of nitrogens with two attached hydrogens (primary N) is 1. The summed E-state index contributed by atoms with van der Waals surface area (Å²) in [5, 5.41) is 0.244. The van der Waals surface area contributed by atoms with Gasteiger partial charge >= 0.3 is 5.09 Å². The number of unbranched alkanes of at least 4 members (excludes halogenated alkanes) is 9. The number of allylic oxidation sites excluding steroid dienone is 4. The van der Waals surface area contributed by atoms with Gasteiger partial charge in [-0.2, -0.15) is 0 Å². The van der Waals surface area contributed by atoms with Gasteiger partial charge in [-0.1, -0.05) is 64.7 Å². The van der Waals surface area contributed by atoms with E-state index in [2.05, 4.69) is 6.92 Å². The highest BCUT2D eigenvalue weighted by Gasteiger charge is 2.21. The molecule has 0 aromatic carbocycles. The first-order chi connectivity index (χ1) is 14.3. The second kappa shape index (κ2) is 18.7. The second-order valence-electron chi connectivity index (χ2n) is 8.21. The van der Waals surface area contributed by atoms with Crippen molar-refractivity contribution < 1.29 is 14.8 Å². The lowest BCUT2D eigenvalue weighted by atomic mass is 10.1. The SMILES string of the molecule is CCCCCCCCCCCCN.O=[N+](OC1=CCCCC1)OC1=CCCCC1. The summed E-state index contributed by atoms with van der Waals surface area (Å²) in [6.45, 7) is 3.14. The van der Waals surface area contributed by atoms with Gasteiger partial charge in [-0.25, -0.2) is 0 Å². The molecule has 168 valence electrons. The molecule has 0 fully saturated rings. The van der Waals surface area contributed by atoms with Gasteiger partial charge in [0.1, 0.15) is 4.91 Å². The molecule has 0 atom stereocenters. The van der Waals surface area contributed by atoms with Crippen LogP contribution >= 0.6 is 0 Å². The lowest BCUT2D eigenvalue weighted by molar-refractivity contribution is -0.964. The maximum atomic E-state index is 11.4. The van der Waals surface area contributed by atoms with Crippen LogP contribution in [-0.4, -0.2) is 11.6 Å². The van der Waals surface area contributed by atoms with Gasteiger partial charge in [0.2, 0.25) is 0 Å². The van der Waals surface area contributed by atoms with Crippen molar-refractivity contribution >= 4 is 0 Å². The molecule has 2 N–H and O–H groups in total. The highest BCUT2D eigenvalue weighted by molar-refractivity contribution is 4.96. The van der Waals surface area contributed by atoms with Gasteiger partial charge in [0.25, 0.3) is 0 Å². The first-order valence-corrected chi connectivity index (χ1v) is 12.2. The van der Waals surface area contributed by atoms with E-state index in [4.69, 9.17) is 15.4 Å². The van der Waals surface area contributed by atoms with Crippen LogP contribution in [0.4, 0.5) is 0 Å². The monoisotopic (exact) mass is 409 g/mol. The molecule has 0 heterocycles. The minimum absolute atomic E-state index is 0.244. The van der Waals surface area contributed by atoms with Gasteiger partial charge in [-0.05, 0) is 63.6 Å². The van der Waals surface area contributed by atoms with E-state index in [-0.39, 0.29) is 5.09 Å². The smallest absolute Gasteiger partial charge is 0.330 e. The molecule has 5 nitrogen and oxygen atoms in total. The molecule has 2 rings (SSSR count). The van der Waals surface area contributed by atoms with E-state index < -0.39 is 0 Å². The van der Waals surface area contributed by atoms with E-state index in [1.807, 2.05) is 12.2 Å². The molecule has 0 unspecified atom stereocenters. The van der Waals surface area contributed by atoms with Crippen LogP contribution in [-0.2, 0) is 9.68 Å². The predicted octanol–water partition coefficient (Wildman–Crippen LogP) is 7.41. The second-order valence-corrected chi connectivity index (χ2v) is 8.21. The number of rotatable bonds is 14. The number of hydrogen-bond donors (Lipinski definition) is 1. The zero-order valence-electron chi connectivity index (χ0n) is 18.8. The summed E-state index contributed by atoms with van der Waals surface area (Å²) in [6.07, 6.45) is 26.0. The third kappa shape index (κ3) is 15.2. The Kier molecular flexibility index (Phi) is 16.5. The van der Waals surface area contributed by atoms with Crippen molar-refractivity contribution in [1.29, 1.82) is 0 Å². The van der Waals surface area contributed by atoms with Crippen LogP contribution in [0.25, 0.3) is 0 Å². The fourth-order valence-corrected chi connectivity index (χ4v) is 3.63. The summed E-state index contributed by atoms with van der Waals surface area (Å²) in [4.78, 5) is 21.5. The van der Waals surface area contributed by atoms with Gasteiger partial charge in [-0.3, -0.25) is 0 Å². The normalized spacial score (nSPS) is 16.2. The minimum atomic E-state index is 0.244. The maximum absolute atomic E-state index is 11.4. The van der Waals surface area contributed by atoms with Gasteiger partial charge < -0.3 is 5.73 Å². The minimum Gasteiger partial charge on any atom is -0.330 e. The van der Waals surface area contributed by atoms with Crippen molar-refractivity contribution in [2.75, 3.05) is 6.54 Å². The predicted molar refractivity (Wildman–Crippen MR) is 120 cm³/mol. The van der Waals surface area contributed by atoms with Crippen LogP contribution in [0.5, 0.6) is 0 Å². The highest BCUT2D eigenvalue weighted by atomic mass is 17.0. The Labute approximate surface area is 178 Å². The van der Waals surface area contributed by atoms with Gasteiger partial charge in [-0.15, -0.1) is 9.68 Å². The Hall–Kier alpha value is -1.36. The maximum Gasteiger partial charge on any atom is 0.488 e. The summed E-state index contributed by atoms with van der Waals surface area (Å²) in [5.41, 5.74) is 5.42. The van der Waals surface area contributed by atoms with Crippen LogP contribution in [0.1, 0.15) is 122 Å². The molecule has 0 saturated heterocycles. The van der Waals surface area contributed by atoms with Crippen molar-refractivity contribution in [3.05, 3.63) is 28.6 Å². The Bertz CT molecular complexity index is 435. The molecule has 0 bridgehead atoms. The Balaban J connectivity index is 0.000000298. The first kappa shape index (κ1) is 25.7. The Morgan fingerprint density at radius 2 is 1.21 bits per heavy atom. The number of nitrogens with zero attached hydrogens (tertiary/aromatic N) is 1. The zero-order chi connectivity index (χ0) is 21.0. The zero-order valence-corrected chi connectivity index (χ0v) is 18.8. The summed E-state index contributed by atoms with van der Waals surface area (Å²) < 4.78 is 0. The lowest BCUT2D eigenvalue weighted by Crippen LogP contribution is -2.12. The van der Waals surface area contributed by atoms with E-state index in [0.29, 0.717) is 0 Å². The van der Waals surface area contributed by atoms with Crippen molar-refractivity contribution in [2.45, 2.75) is 122 Å². The molecule has 0 amide bonds. The van der Waals surface area contributed by atoms with E-state index in [0.717, 1.165) is 56.6 Å². The standard InChI is InChI=1S/C12H18NO3.C12H27N/c14-13(15-11-7-3-1-4-8-11)16-12-9-5-2-6-10-12;1-2-3-4-5-6-7-8-9-10-11-12-13/h7,9H,1-6,8,10H2;2-13H2,1H3/q+1;. The molecule has 29 heavy (non-hydrogen) atoms. The molecule has 0 aromatic rings. The van der Waals surface area contributed by atoms with Crippen LogP contribution in [0.3, 0.4) is 0 Å². The molecular weight excluding hydrogens is 364 g/mol. The summed E-state index contributed by atoms with van der Waals surface area (Å²) in [6, 6.07) is 0. The molecule has 2 aliphatic carbocycles. The average Bonchev–Trinajstić information content (AvgIpc) is 2.74. The summed E-state index contributed by atoms with van der Waals surface area (Å²) >= 11 is 0. The Morgan fingerprint density at radius 3 is 1.59 bits per heavy atom. The largest absolute Gasteiger partial charge is 0.488 e. The van der Waals surface area contributed by atoms with Crippen molar-refractivity contribution in [1.82, 2.24) is 0 Å². The third-order valence-electron chi connectivity index (χ3n) is 5.44. The summed E-state index contributed by atoms with van der Waals surface area (Å²) in [7, 11) is 0.